The third-order valence-electron chi connectivity index (χ3n) is 4.60. The Bertz CT molecular complexity index is 612. The predicted molar refractivity (Wildman–Crippen MR) is 98.9 cm³/mol. The van der Waals surface area contributed by atoms with Gasteiger partial charge < -0.3 is 4.90 Å². The quantitative estimate of drug-likeness (QED) is 0.733. The van der Waals surface area contributed by atoms with Gasteiger partial charge in [-0.2, -0.15) is 0 Å². The van der Waals surface area contributed by atoms with Crippen molar-refractivity contribution in [2.75, 3.05) is 14.1 Å². The van der Waals surface area contributed by atoms with Gasteiger partial charge in [0.1, 0.15) is 0 Å². The van der Waals surface area contributed by atoms with Crippen LogP contribution in [0.15, 0.2) is 78.2 Å². The van der Waals surface area contributed by atoms with E-state index in [1.165, 1.54) is 5.30 Å². The number of benzene rings is 1. The zero-order valence-corrected chi connectivity index (χ0v) is 14.4. The van der Waals surface area contributed by atoms with Crippen molar-refractivity contribution in [3.63, 3.8) is 0 Å². The van der Waals surface area contributed by atoms with Gasteiger partial charge >= 0.3 is 0 Å². The summed E-state index contributed by atoms with van der Waals surface area (Å²) in [5.74, 6) is 0.517. The maximum absolute atomic E-state index is 2.38. The highest BCUT2D eigenvalue weighted by Crippen LogP contribution is 2.55. The largest absolute Gasteiger partial charge is 0.306 e. The van der Waals surface area contributed by atoms with Crippen LogP contribution in [0.25, 0.3) is 0 Å². The molecule has 1 aromatic rings. The first kappa shape index (κ1) is 15.5. The van der Waals surface area contributed by atoms with Crippen molar-refractivity contribution in [1.82, 2.24) is 4.90 Å². The minimum absolute atomic E-state index is 0.356. The van der Waals surface area contributed by atoms with Gasteiger partial charge in [-0.1, -0.05) is 72.9 Å². The molecule has 0 fully saturated rings. The molecule has 2 aliphatic carbocycles. The van der Waals surface area contributed by atoms with Gasteiger partial charge in [-0.3, -0.25) is 0 Å². The molecule has 0 saturated carbocycles. The van der Waals surface area contributed by atoms with E-state index in [1.807, 2.05) is 0 Å². The highest BCUT2D eigenvalue weighted by Gasteiger charge is 2.32. The van der Waals surface area contributed by atoms with Crippen LogP contribution >= 0.6 is 7.92 Å². The van der Waals surface area contributed by atoms with Crippen molar-refractivity contribution < 1.29 is 0 Å². The molecule has 3 rings (SSSR count). The molecule has 0 amide bonds. The Kier molecular flexibility index (Phi) is 4.76. The van der Waals surface area contributed by atoms with Crippen LogP contribution in [0.4, 0.5) is 0 Å². The molecule has 0 heterocycles. The Morgan fingerprint density at radius 1 is 0.955 bits per heavy atom. The average Bonchev–Trinajstić information content (AvgIpc) is 3.20. The number of hydrogen-bond donors (Lipinski definition) is 0. The molecule has 0 spiro atoms. The van der Waals surface area contributed by atoms with Gasteiger partial charge in [0.25, 0.3) is 0 Å². The van der Waals surface area contributed by atoms with E-state index in [0.717, 1.165) is 0 Å². The van der Waals surface area contributed by atoms with E-state index < -0.39 is 0 Å². The number of rotatable bonds is 5. The fourth-order valence-electron chi connectivity index (χ4n) is 3.13. The predicted octanol–water partition coefficient (Wildman–Crippen LogP) is 4.31. The van der Waals surface area contributed by atoms with Crippen LogP contribution in [0.5, 0.6) is 0 Å². The average molecular weight is 309 g/mol. The molecule has 1 nitrogen and oxygen atoms in total. The first-order valence-electron chi connectivity index (χ1n) is 7.92. The minimum Gasteiger partial charge on any atom is -0.306 e. The first-order valence-corrected chi connectivity index (χ1v) is 9.33. The summed E-state index contributed by atoms with van der Waals surface area (Å²) in [5.41, 5.74) is 0.528. The van der Waals surface area contributed by atoms with Crippen LogP contribution in [0.2, 0.25) is 0 Å². The summed E-state index contributed by atoms with van der Waals surface area (Å²) in [5, 5.41) is 3.08. The summed E-state index contributed by atoms with van der Waals surface area (Å²) in [7, 11) is 3.99. The third-order valence-corrected chi connectivity index (χ3v) is 7.40. The molecular weight excluding hydrogens is 285 g/mol. The molecule has 3 atom stereocenters. The lowest BCUT2D eigenvalue weighted by molar-refractivity contribution is 0.281. The van der Waals surface area contributed by atoms with Gasteiger partial charge in [0, 0.05) is 17.6 Å². The molecule has 0 N–H and O–H groups in total. The topological polar surface area (TPSA) is 3.24 Å². The Morgan fingerprint density at radius 2 is 1.64 bits per heavy atom. The van der Waals surface area contributed by atoms with Crippen LogP contribution in [-0.4, -0.2) is 30.7 Å². The molecule has 0 radical (unpaired) electrons. The first-order chi connectivity index (χ1) is 10.7. The molecule has 0 bridgehead atoms. The Hall–Kier alpha value is -1.43. The zero-order valence-electron chi connectivity index (χ0n) is 13.6. The van der Waals surface area contributed by atoms with Crippen molar-refractivity contribution in [2.45, 2.75) is 18.6 Å². The Morgan fingerprint density at radius 3 is 2.27 bits per heavy atom. The van der Waals surface area contributed by atoms with Crippen LogP contribution in [0.3, 0.4) is 0 Å². The van der Waals surface area contributed by atoms with E-state index in [2.05, 4.69) is 98.8 Å². The summed E-state index contributed by atoms with van der Waals surface area (Å²) in [4.78, 5) is 2.33. The van der Waals surface area contributed by atoms with Crippen molar-refractivity contribution in [1.29, 1.82) is 0 Å². The normalized spacial score (nSPS) is 23.3. The molecule has 114 valence electrons. The molecule has 0 aliphatic heterocycles. The van der Waals surface area contributed by atoms with E-state index in [-0.39, 0.29) is 7.92 Å². The van der Waals surface area contributed by atoms with Gasteiger partial charge in [0.15, 0.2) is 0 Å². The van der Waals surface area contributed by atoms with Crippen molar-refractivity contribution in [3.8, 4) is 0 Å². The van der Waals surface area contributed by atoms with Crippen LogP contribution in [0, 0.1) is 5.92 Å². The van der Waals surface area contributed by atoms with E-state index in [0.29, 0.717) is 17.6 Å². The minimum atomic E-state index is -0.356. The number of hydrogen-bond acceptors (Lipinski definition) is 1. The molecular formula is C20H24NP. The molecule has 0 aromatic heterocycles. The van der Waals surface area contributed by atoms with E-state index in [1.54, 1.807) is 5.31 Å². The number of allylic oxidation sites excluding steroid dienone is 6. The summed E-state index contributed by atoms with van der Waals surface area (Å²) >= 11 is 0. The summed E-state index contributed by atoms with van der Waals surface area (Å²) < 4.78 is 0. The Balaban J connectivity index is 1.96. The highest BCUT2D eigenvalue weighted by molar-refractivity contribution is 7.70. The lowest BCUT2D eigenvalue weighted by Gasteiger charge is -2.33. The van der Waals surface area contributed by atoms with Gasteiger partial charge in [-0.25, -0.2) is 0 Å². The van der Waals surface area contributed by atoms with E-state index in [4.69, 9.17) is 0 Å². The molecule has 2 aliphatic rings. The van der Waals surface area contributed by atoms with Gasteiger partial charge in [-0.15, -0.1) is 0 Å². The molecule has 0 saturated heterocycles. The second kappa shape index (κ2) is 6.77. The molecule has 22 heavy (non-hydrogen) atoms. The van der Waals surface area contributed by atoms with Crippen molar-refractivity contribution >= 4 is 13.2 Å². The maximum atomic E-state index is 2.38. The second-order valence-corrected chi connectivity index (χ2v) is 8.54. The van der Waals surface area contributed by atoms with Gasteiger partial charge in [0.2, 0.25) is 0 Å². The molecule has 3 unspecified atom stereocenters. The summed E-state index contributed by atoms with van der Waals surface area (Å²) in [6.45, 7) is 2.33. The molecule has 2 heteroatoms. The van der Waals surface area contributed by atoms with Crippen molar-refractivity contribution in [3.05, 3.63) is 78.2 Å². The summed E-state index contributed by atoms with van der Waals surface area (Å²) in [6.07, 6.45) is 16.1. The molecule has 1 aromatic carbocycles. The monoisotopic (exact) mass is 309 g/mol. The van der Waals surface area contributed by atoms with Gasteiger partial charge in [-0.05, 0) is 39.6 Å². The number of nitrogens with zero attached hydrogens (tertiary/aromatic N) is 1. The van der Waals surface area contributed by atoms with E-state index in [9.17, 15) is 0 Å². The van der Waals surface area contributed by atoms with Crippen LogP contribution in [0.1, 0.15) is 6.92 Å². The third kappa shape index (κ3) is 3.02. The fourth-order valence-corrected chi connectivity index (χ4v) is 6.02. The zero-order chi connectivity index (χ0) is 15.5. The van der Waals surface area contributed by atoms with Gasteiger partial charge in [0.05, 0.1) is 0 Å². The van der Waals surface area contributed by atoms with Crippen LogP contribution < -0.4 is 5.30 Å². The highest BCUT2D eigenvalue weighted by atomic mass is 31.1. The summed E-state index contributed by atoms with van der Waals surface area (Å²) in [6, 6.07) is 11.6. The standard InChI is InChI=1S/C20H24NP/c1-16(21(2)3)19-14-9-15-20(19)22(18-12-7-8-13-18)17-10-5-4-6-11-17/h4-16,18-19H,1-3H3. The lowest BCUT2D eigenvalue weighted by atomic mass is 10.0. The van der Waals surface area contributed by atoms with E-state index >= 15 is 0 Å². The lowest BCUT2D eigenvalue weighted by Crippen LogP contribution is -2.32. The fraction of sp³-hybridized carbons (Fsp3) is 0.300. The van der Waals surface area contributed by atoms with Crippen molar-refractivity contribution in [2.24, 2.45) is 5.92 Å². The smallest absolute Gasteiger partial charge is 0.0234 e. The Labute approximate surface area is 135 Å². The SMILES string of the molecule is CC(C1C=CC=C1P(c1ccccc1)C1C=CC=C1)N(C)C. The van der Waals surface area contributed by atoms with Crippen LogP contribution in [-0.2, 0) is 0 Å². The maximum Gasteiger partial charge on any atom is 0.0234 e. The second-order valence-electron chi connectivity index (χ2n) is 6.17.